The highest BCUT2D eigenvalue weighted by atomic mass is 32.2. The Morgan fingerprint density at radius 3 is 2.48 bits per heavy atom. The normalized spacial score (nSPS) is 19.2. The Kier molecular flexibility index (Phi) is 5.56. The number of rotatable bonds is 4. The second-order valence-electron chi connectivity index (χ2n) is 6.87. The number of Topliss-reactive ketones (excluding diaryl/α,β-unsaturated/α-hetero) is 1. The molecule has 0 unspecified atom stereocenters. The molecule has 0 aromatic heterocycles. The number of fused-ring (bicyclic) bond motifs is 3. The first kappa shape index (κ1) is 20.7. The van der Waals surface area contributed by atoms with Crippen molar-refractivity contribution in [2.75, 3.05) is 11.5 Å². The highest BCUT2D eigenvalue weighted by molar-refractivity contribution is 8.07. The molecule has 2 heterocycles. The van der Waals surface area contributed by atoms with Gasteiger partial charge in [-0.25, -0.2) is 9.59 Å². The number of hydrogen-bond acceptors (Lipinski definition) is 8. The van der Waals surface area contributed by atoms with E-state index < -0.39 is 23.8 Å². The number of nitrogens with zero attached hydrogens (tertiary/aromatic N) is 1. The number of hydrogen-bond donors (Lipinski definition) is 1. The van der Waals surface area contributed by atoms with Crippen molar-refractivity contribution in [2.24, 2.45) is 5.73 Å². The maximum Gasteiger partial charge on any atom is 0.344 e. The van der Waals surface area contributed by atoms with E-state index in [0.29, 0.717) is 22.0 Å². The molecule has 0 radical (unpaired) electrons. The Morgan fingerprint density at radius 2 is 1.81 bits per heavy atom. The van der Waals surface area contributed by atoms with Gasteiger partial charge in [0.1, 0.15) is 16.4 Å². The van der Waals surface area contributed by atoms with Gasteiger partial charge in [-0.2, -0.15) is 0 Å². The maximum atomic E-state index is 12.9. The third-order valence-electron chi connectivity index (χ3n) is 4.94. The summed E-state index contributed by atoms with van der Waals surface area (Å²) in [5, 5.41) is 0.489. The van der Waals surface area contributed by atoms with Crippen LogP contribution in [0.15, 0.2) is 75.8 Å². The van der Waals surface area contributed by atoms with Crippen molar-refractivity contribution in [3.05, 3.63) is 81.4 Å². The standard InChI is InChI=1S/C23H20N2O5S/c1-3-29-22(27)17(13(2)26)21-25(14-9-5-4-6-10-14)19-15-11-7-8-12-16(15)30-23(28)18(19)20(24)31-21/h4-12,19H,3,24H2,1-2H3/t19-/m1/s1. The summed E-state index contributed by atoms with van der Waals surface area (Å²) in [6, 6.07) is 15.7. The molecular weight excluding hydrogens is 416 g/mol. The van der Waals surface area contributed by atoms with E-state index in [1.54, 1.807) is 24.0 Å². The minimum Gasteiger partial charge on any atom is -0.462 e. The highest BCUT2D eigenvalue weighted by Gasteiger charge is 2.45. The number of ketones is 1. The smallest absolute Gasteiger partial charge is 0.344 e. The summed E-state index contributed by atoms with van der Waals surface area (Å²) in [5.41, 5.74) is 7.84. The zero-order valence-electron chi connectivity index (χ0n) is 17.0. The summed E-state index contributed by atoms with van der Waals surface area (Å²) in [7, 11) is 0. The maximum absolute atomic E-state index is 12.9. The summed E-state index contributed by atoms with van der Waals surface area (Å²) in [6.45, 7) is 3.10. The van der Waals surface area contributed by atoms with Gasteiger partial charge in [-0.1, -0.05) is 48.2 Å². The molecule has 8 heteroatoms. The lowest BCUT2D eigenvalue weighted by atomic mass is 9.93. The van der Waals surface area contributed by atoms with Gasteiger partial charge in [0, 0.05) is 11.3 Å². The summed E-state index contributed by atoms with van der Waals surface area (Å²) < 4.78 is 10.7. The molecular formula is C23H20N2O5S. The molecule has 2 aromatic rings. The summed E-state index contributed by atoms with van der Waals surface area (Å²) >= 11 is 0.984. The van der Waals surface area contributed by atoms with Gasteiger partial charge in [0.25, 0.3) is 0 Å². The van der Waals surface area contributed by atoms with Gasteiger partial charge in [0.05, 0.1) is 23.3 Å². The Bertz CT molecular complexity index is 1140. The number of para-hydroxylation sites is 2. The quantitative estimate of drug-likeness (QED) is 0.256. The molecule has 2 aliphatic rings. The molecule has 0 saturated heterocycles. The fraction of sp³-hybridized carbons (Fsp3) is 0.174. The van der Waals surface area contributed by atoms with E-state index in [-0.39, 0.29) is 22.8 Å². The molecule has 0 fully saturated rings. The number of thioether (sulfide) groups is 1. The van der Waals surface area contributed by atoms with Crippen LogP contribution in [-0.2, 0) is 19.1 Å². The molecule has 0 saturated carbocycles. The van der Waals surface area contributed by atoms with Gasteiger partial charge in [-0.15, -0.1) is 0 Å². The van der Waals surface area contributed by atoms with Crippen LogP contribution in [-0.4, -0.2) is 24.3 Å². The van der Waals surface area contributed by atoms with E-state index in [0.717, 1.165) is 11.8 Å². The summed E-state index contributed by atoms with van der Waals surface area (Å²) in [6.07, 6.45) is 0. The Hall–Kier alpha value is -3.52. The fourth-order valence-electron chi connectivity index (χ4n) is 3.66. The molecule has 2 aliphatic heterocycles. The van der Waals surface area contributed by atoms with Gasteiger partial charge in [-0.05, 0) is 32.0 Å². The Labute approximate surface area is 183 Å². The van der Waals surface area contributed by atoms with Crippen molar-refractivity contribution in [2.45, 2.75) is 19.9 Å². The van der Waals surface area contributed by atoms with Crippen LogP contribution in [0.3, 0.4) is 0 Å². The molecule has 0 aliphatic carbocycles. The third kappa shape index (κ3) is 3.59. The van der Waals surface area contributed by atoms with Crippen LogP contribution in [0, 0.1) is 0 Å². The van der Waals surface area contributed by atoms with E-state index in [9.17, 15) is 14.4 Å². The van der Waals surface area contributed by atoms with Gasteiger partial charge in [0.2, 0.25) is 0 Å². The predicted octanol–water partition coefficient (Wildman–Crippen LogP) is 3.43. The average Bonchev–Trinajstić information content (AvgIpc) is 2.74. The van der Waals surface area contributed by atoms with E-state index in [1.165, 1.54) is 6.92 Å². The number of benzene rings is 2. The molecule has 0 spiro atoms. The lowest BCUT2D eigenvalue weighted by Gasteiger charge is -2.42. The lowest BCUT2D eigenvalue weighted by Crippen LogP contribution is -2.41. The Balaban J connectivity index is 2.05. The van der Waals surface area contributed by atoms with E-state index >= 15 is 0 Å². The number of ether oxygens (including phenoxy) is 2. The number of esters is 2. The van der Waals surface area contributed by atoms with Crippen LogP contribution in [0.1, 0.15) is 25.5 Å². The van der Waals surface area contributed by atoms with Crippen molar-refractivity contribution < 1.29 is 23.9 Å². The number of anilines is 1. The first-order chi connectivity index (χ1) is 14.9. The van der Waals surface area contributed by atoms with E-state index in [1.807, 2.05) is 42.5 Å². The van der Waals surface area contributed by atoms with Crippen LogP contribution in [0.2, 0.25) is 0 Å². The summed E-state index contributed by atoms with van der Waals surface area (Å²) in [4.78, 5) is 39.9. The minimum absolute atomic E-state index is 0.117. The predicted molar refractivity (Wildman–Crippen MR) is 117 cm³/mol. The molecule has 0 bridgehead atoms. The monoisotopic (exact) mass is 436 g/mol. The van der Waals surface area contributed by atoms with Gasteiger partial charge in [0.15, 0.2) is 5.78 Å². The summed E-state index contributed by atoms with van der Waals surface area (Å²) in [5.74, 6) is -1.35. The number of nitrogens with two attached hydrogens (primary N) is 1. The van der Waals surface area contributed by atoms with Crippen LogP contribution < -0.4 is 15.4 Å². The average molecular weight is 436 g/mol. The topological polar surface area (TPSA) is 98.9 Å². The van der Waals surface area contributed by atoms with Crippen molar-refractivity contribution in [3.63, 3.8) is 0 Å². The molecule has 2 aromatic carbocycles. The second kappa shape index (κ2) is 8.31. The van der Waals surface area contributed by atoms with Gasteiger partial charge < -0.3 is 20.1 Å². The first-order valence-electron chi connectivity index (χ1n) is 9.69. The number of carbonyl (C=O) groups is 3. The molecule has 158 valence electrons. The first-order valence-corrected chi connectivity index (χ1v) is 10.5. The minimum atomic E-state index is -0.735. The van der Waals surface area contributed by atoms with Crippen molar-refractivity contribution in [3.8, 4) is 5.75 Å². The molecule has 2 N–H and O–H groups in total. The Morgan fingerprint density at radius 1 is 1.13 bits per heavy atom. The van der Waals surface area contributed by atoms with Crippen LogP contribution in [0.4, 0.5) is 5.69 Å². The lowest BCUT2D eigenvalue weighted by molar-refractivity contribution is -0.139. The zero-order valence-corrected chi connectivity index (χ0v) is 17.8. The SMILES string of the molecule is CCOC(=O)C(C(C)=O)=C1SC(N)=C2C(=O)Oc3ccccc3[C@H]2N1c1ccccc1. The van der Waals surface area contributed by atoms with Gasteiger partial charge >= 0.3 is 11.9 Å². The molecule has 4 rings (SSSR count). The van der Waals surface area contributed by atoms with Crippen molar-refractivity contribution in [1.29, 1.82) is 0 Å². The molecule has 31 heavy (non-hydrogen) atoms. The van der Waals surface area contributed by atoms with E-state index in [2.05, 4.69) is 0 Å². The largest absolute Gasteiger partial charge is 0.462 e. The van der Waals surface area contributed by atoms with Crippen LogP contribution in [0.5, 0.6) is 5.75 Å². The van der Waals surface area contributed by atoms with Crippen LogP contribution >= 0.6 is 11.8 Å². The molecule has 0 amide bonds. The van der Waals surface area contributed by atoms with Gasteiger partial charge in [-0.3, -0.25) is 4.79 Å². The second-order valence-corrected chi connectivity index (χ2v) is 7.90. The third-order valence-corrected chi connectivity index (χ3v) is 5.97. The number of carbonyl (C=O) groups excluding carboxylic acids is 3. The highest BCUT2D eigenvalue weighted by Crippen LogP contribution is 2.52. The fourth-order valence-corrected chi connectivity index (χ4v) is 4.81. The molecule has 7 nitrogen and oxygen atoms in total. The molecule has 1 atom stereocenters. The van der Waals surface area contributed by atoms with Crippen LogP contribution in [0.25, 0.3) is 0 Å². The van der Waals surface area contributed by atoms with E-state index in [4.69, 9.17) is 15.2 Å². The van der Waals surface area contributed by atoms with Crippen molar-refractivity contribution >= 4 is 35.2 Å². The van der Waals surface area contributed by atoms with Crippen molar-refractivity contribution in [1.82, 2.24) is 0 Å². The zero-order chi connectivity index (χ0) is 22.1.